The predicted octanol–water partition coefficient (Wildman–Crippen LogP) is 3.84. The van der Waals surface area contributed by atoms with Crippen LogP contribution in [-0.4, -0.2) is 48.3 Å². The molecule has 2 heterocycles. The number of likely N-dealkylation sites (tertiary alicyclic amines) is 1. The maximum absolute atomic E-state index is 12.4. The molecule has 2 aromatic rings. The third kappa shape index (κ3) is 5.43. The van der Waals surface area contributed by atoms with Crippen molar-refractivity contribution in [1.29, 1.82) is 0 Å². The number of thiazole rings is 1. The smallest absolute Gasteiger partial charge is 0.406 e. The summed E-state index contributed by atoms with van der Waals surface area (Å²) in [5, 5.41) is 3.37. The Morgan fingerprint density at radius 1 is 1.33 bits per heavy atom. The number of aromatic nitrogens is 1. The average Bonchev–Trinajstić information content (AvgIpc) is 3.23. The highest BCUT2D eigenvalue weighted by Crippen LogP contribution is 2.31. The minimum atomic E-state index is -4.75. The number of carbonyl (C=O) groups excluding carboxylic acids is 1. The van der Waals surface area contributed by atoms with Crippen LogP contribution >= 0.6 is 11.3 Å². The van der Waals surface area contributed by atoms with Crippen molar-refractivity contribution in [2.75, 3.05) is 26.2 Å². The highest BCUT2D eigenvalue weighted by Gasteiger charge is 2.31. The van der Waals surface area contributed by atoms with Crippen molar-refractivity contribution in [3.8, 4) is 16.3 Å². The first-order chi connectivity index (χ1) is 12.8. The molecule has 146 valence electrons. The molecule has 1 fully saturated rings. The van der Waals surface area contributed by atoms with Crippen LogP contribution in [0.4, 0.5) is 13.2 Å². The van der Waals surface area contributed by atoms with Gasteiger partial charge in [0, 0.05) is 18.7 Å². The van der Waals surface area contributed by atoms with E-state index in [4.69, 9.17) is 0 Å². The molecule has 0 aliphatic carbocycles. The first kappa shape index (κ1) is 19.6. The lowest BCUT2D eigenvalue weighted by Gasteiger charge is -2.14. The number of hydrogen-bond donors (Lipinski definition) is 1. The molecule has 0 bridgehead atoms. The van der Waals surface area contributed by atoms with Gasteiger partial charge in [-0.15, -0.1) is 24.5 Å². The normalized spacial score (nSPS) is 15.1. The molecule has 3 rings (SSSR count). The van der Waals surface area contributed by atoms with Crippen LogP contribution in [-0.2, 0) is 0 Å². The first-order valence-corrected chi connectivity index (χ1v) is 9.47. The maximum Gasteiger partial charge on any atom is 0.573 e. The van der Waals surface area contributed by atoms with E-state index in [2.05, 4.69) is 19.9 Å². The molecule has 1 aromatic heterocycles. The fourth-order valence-electron chi connectivity index (χ4n) is 2.97. The van der Waals surface area contributed by atoms with E-state index >= 15 is 0 Å². The quantitative estimate of drug-likeness (QED) is 0.802. The van der Waals surface area contributed by atoms with Gasteiger partial charge in [-0.3, -0.25) is 4.79 Å². The Morgan fingerprint density at radius 3 is 2.78 bits per heavy atom. The number of nitrogens with zero attached hydrogens (tertiary/aromatic N) is 2. The highest BCUT2D eigenvalue weighted by atomic mass is 32.1. The molecule has 0 atom stereocenters. The number of carbonyl (C=O) groups is 1. The van der Waals surface area contributed by atoms with Crippen molar-refractivity contribution in [2.45, 2.75) is 26.1 Å². The van der Waals surface area contributed by atoms with Crippen molar-refractivity contribution in [1.82, 2.24) is 15.2 Å². The standard InChI is InChI=1S/C18H20F3N3O2S/c1-12-15(16(25)22-7-10-24-8-2-3-9-24)27-17(23-12)13-5-4-6-14(11-13)26-18(19,20)21/h4-6,11H,2-3,7-10H2,1H3,(H,22,25). The van der Waals surface area contributed by atoms with Crippen LogP contribution in [0.2, 0.25) is 0 Å². The highest BCUT2D eigenvalue weighted by molar-refractivity contribution is 7.17. The van der Waals surface area contributed by atoms with Gasteiger partial charge < -0.3 is 15.0 Å². The second kappa shape index (κ2) is 8.26. The van der Waals surface area contributed by atoms with Crippen LogP contribution in [0, 0.1) is 6.92 Å². The molecule has 1 aromatic carbocycles. The molecular formula is C18H20F3N3O2S. The molecule has 27 heavy (non-hydrogen) atoms. The van der Waals surface area contributed by atoms with Gasteiger partial charge in [0.1, 0.15) is 15.6 Å². The number of halogens is 3. The molecule has 1 amide bonds. The van der Waals surface area contributed by atoms with E-state index in [1.54, 1.807) is 13.0 Å². The fraction of sp³-hybridized carbons (Fsp3) is 0.444. The number of rotatable bonds is 6. The van der Waals surface area contributed by atoms with Crippen LogP contribution < -0.4 is 10.1 Å². The summed E-state index contributed by atoms with van der Waals surface area (Å²) >= 11 is 1.16. The third-order valence-corrected chi connectivity index (χ3v) is 5.43. The number of benzene rings is 1. The van der Waals surface area contributed by atoms with E-state index in [1.807, 2.05) is 0 Å². The summed E-state index contributed by atoms with van der Waals surface area (Å²) in [6.45, 7) is 5.21. The lowest BCUT2D eigenvalue weighted by molar-refractivity contribution is -0.274. The van der Waals surface area contributed by atoms with Gasteiger partial charge in [-0.2, -0.15) is 0 Å². The third-order valence-electron chi connectivity index (χ3n) is 4.23. The van der Waals surface area contributed by atoms with Gasteiger partial charge in [0.05, 0.1) is 5.69 Å². The lowest BCUT2D eigenvalue weighted by atomic mass is 10.2. The molecule has 5 nitrogen and oxygen atoms in total. The largest absolute Gasteiger partial charge is 0.573 e. The van der Waals surface area contributed by atoms with Crippen molar-refractivity contribution >= 4 is 17.2 Å². The first-order valence-electron chi connectivity index (χ1n) is 8.66. The molecule has 1 N–H and O–H groups in total. The van der Waals surface area contributed by atoms with Crippen molar-refractivity contribution in [3.05, 3.63) is 34.8 Å². The van der Waals surface area contributed by atoms with Gasteiger partial charge in [0.15, 0.2) is 0 Å². The van der Waals surface area contributed by atoms with Gasteiger partial charge >= 0.3 is 6.36 Å². The van der Waals surface area contributed by atoms with Gasteiger partial charge in [0.2, 0.25) is 0 Å². The van der Waals surface area contributed by atoms with Gasteiger partial charge in [-0.25, -0.2) is 4.98 Å². The number of ether oxygens (including phenoxy) is 1. The van der Waals surface area contributed by atoms with E-state index < -0.39 is 6.36 Å². The second-order valence-corrected chi connectivity index (χ2v) is 7.31. The molecule has 0 saturated carbocycles. The van der Waals surface area contributed by atoms with Crippen molar-refractivity contribution in [2.24, 2.45) is 0 Å². The minimum absolute atomic E-state index is 0.210. The number of amides is 1. The molecule has 1 saturated heterocycles. The Hall–Kier alpha value is -2.13. The summed E-state index contributed by atoms with van der Waals surface area (Å²) in [5.74, 6) is -0.525. The summed E-state index contributed by atoms with van der Waals surface area (Å²) < 4.78 is 41.1. The summed E-state index contributed by atoms with van der Waals surface area (Å²) in [5.41, 5.74) is 1.02. The van der Waals surface area contributed by atoms with E-state index in [0.717, 1.165) is 31.0 Å². The van der Waals surface area contributed by atoms with Crippen LogP contribution in [0.15, 0.2) is 24.3 Å². The van der Waals surface area contributed by atoms with E-state index in [1.165, 1.54) is 31.0 Å². The summed E-state index contributed by atoms with van der Waals surface area (Å²) in [6, 6.07) is 5.59. The minimum Gasteiger partial charge on any atom is -0.406 e. The van der Waals surface area contributed by atoms with E-state index in [9.17, 15) is 18.0 Å². The van der Waals surface area contributed by atoms with Crippen LogP contribution in [0.1, 0.15) is 28.2 Å². The predicted molar refractivity (Wildman–Crippen MR) is 97.0 cm³/mol. The van der Waals surface area contributed by atoms with Crippen molar-refractivity contribution in [3.63, 3.8) is 0 Å². The monoisotopic (exact) mass is 399 g/mol. The zero-order valence-electron chi connectivity index (χ0n) is 14.8. The summed E-state index contributed by atoms with van der Waals surface area (Å²) in [6.07, 6.45) is -2.36. The molecular weight excluding hydrogens is 379 g/mol. The number of hydrogen-bond acceptors (Lipinski definition) is 5. The lowest BCUT2D eigenvalue weighted by Crippen LogP contribution is -2.33. The zero-order valence-corrected chi connectivity index (χ0v) is 15.6. The molecule has 0 unspecified atom stereocenters. The van der Waals surface area contributed by atoms with Crippen LogP contribution in [0.25, 0.3) is 10.6 Å². The molecule has 1 aliphatic rings. The summed E-state index contributed by atoms with van der Waals surface area (Å²) in [4.78, 5) is 19.5. The Labute approximate surface area is 159 Å². The molecule has 0 radical (unpaired) electrons. The maximum atomic E-state index is 12.4. The SMILES string of the molecule is Cc1nc(-c2cccc(OC(F)(F)F)c2)sc1C(=O)NCCN1CCCC1. The Kier molecular flexibility index (Phi) is 6.01. The molecule has 9 heteroatoms. The van der Waals surface area contributed by atoms with Crippen LogP contribution in [0.5, 0.6) is 5.75 Å². The second-order valence-electron chi connectivity index (χ2n) is 6.31. The van der Waals surface area contributed by atoms with Crippen molar-refractivity contribution < 1.29 is 22.7 Å². The van der Waals surface area contributed by atoms with Gasteiger partial charge in [-0.05, 0) is 45.0 Å². The Morgan fingerprint density at radius 2 is 2.07 bits per heavy atom. The fourth-order valence-corrected chi connectivity index (χ4v) is 3.95. The Bertz CT molecular complexity index is 801. The topological polar surface area (TPSA) is 54.5 Å². The summed E-state index contributed by atoms with van der Waals surface area (Å²) in [7, 11) is 0. The Balaban J connectivity index is 1.66. The zero-order chi connectivity index (χ0) is 19.4. The molecule has 1 aliphatic heterocycles. The number of alkyl halides is 3. The van der Waals surface area contributed by atoms with E-state index in [0.29, 0.717) is 27.7 Å². The average molecular weight is 399 g/mol. The van der Waals surface area contributed by atoms with Gasteiger partial charge in [0.25, 0.3) is 5.91 Å². The van der Waals surface area contributed by atoms with Crippen LogP contribution in [0.3, 0.4) is 0 Å². The van der Waals surface area contributed by atoms with E-state index in [-0.39, 0.29) is 11.7 Å². The number of nitrogens with one attached hydrogen (secondary N) is 1. The number of aryl methyl sites for hydroxylation is 1. The molecule has 0 spiro atoms. The van der Waals surface area contributed by atoms with Gasteiger partial charge in [-0.1, -0.05) is 12.1 Å².